The van der Waals surface area contributed by atoms with Gasteiger partial charge in [-0.1, -0.05) is 35.9 Å². The minimum atomic E-state index is -0.504. The number of rotatable bonds is 5. The monoisotopic (exact) mass is 462 g/mol. The number of carbonyl (C=O) groups excluding carboxylic acids is 1. The van der Waals surface area contributed by atoms with Gasteiger partial charge in [-0.3, -0.25) is 9.59 Å². The van der Waals surface area contributed by atoms with Crippen LogP contribution in [0.25, 0.3) is 22.0 Å². The zero-order chi connectivity index (χ0) is 23.7. The second-order valence-electron chi connectivity index (χ2n) is 7.65. The second kappa shape index (κ2) is 8.91. The van der Waals surface area contributed by atoms with Gasteiger partial charge in [0.15, 0.2) is 11.5 Å². The lowest BCUT2D eigenvalue weighted by molar-refractivity contribution is 0.0934. The molecule has 1 amide bonds. The van der Waals surface area contributed by atoms with Crippen LogP contribution < -0.4 is 21.9 Å². The van der Waals surface area contributed by atoms with E-state index in [1.54, 1.807) is 26.1 Å². The summed E-state index contributed by atoms with van der Waals surface area (Å²) >= 11 is 6.22. The van der Waals surface area contributed by atoms with Crippen LogP contribution in [-0.2, 0) is 7.05 Å². The molecule has 0 aliphatic heterocycles. The number of pyridine rings is 1. The van der Waals surface area contributed by atoms with E-state index < -0.39 is 11.9 Å². The maximum atomic E-state index is 13.1. The number of nitrogens with two attached hydrogens (primary N) is 1. The van der Waals surface area contributed by atoms with E-state index in [9.17, 15) is 9.59 Å². The van der Waals surface area contributed by atoms with Gasteiger partial charge in [0.1, 0.15) is 0 Å². The van der Waals surface area contributed by atoms with E-state index in [1.807, 2.05) is 43.4 Å². The molecule has 0 bridgehead atoms. The zero-order valence-corrected chi connectivity index (χ0v) is 19.1. The smallest absolute Gasteiger partial charge is 0.274 e. The summed E-state index contributed by atoms with van der Waals surface area (Å²) in [6.07, 6.45) is 1.53. The SMILES string of the molecule is CNc1cccc(-c2cnc(N)c(C(=O)N[C@@H](C)c3cc4cccc(Cl)c4c(=O)n3C)n2)c1. The molecule has 0 unspecified atom stereocenters. The van der Waals surface area contributed by atoms with Gasteiger partial charge in [0.25, 0.3) is 11.5 Å². The summed E-state index contributed by atoms with van der Waals surface area (Å²) in [4.78, 5) is 34.5. The summed E-state index contributed by atoms with van der Waals surface area (Å²) in [5, 5.41) is 7.47. The van der Waals surface area contributed by atoms with Crippen molar-refractivity contribution in [1.82, 2.24) is 19.9 Å². The highest BCUT2D eigenvalue weighted by atomic mass is 35.5. The summed E-state index contributed by atoms with van der Waals surface area (Å²) in [5.41, 5.74) is 8.59. The lowest BCUT2D eigenvalue weighted by Gasteiger charge is -2.19. The average molecular weight is 463 g/mol. The predicted octanol–water partition coefficient (Wildman–Crippen LogP) is 3.76. The van der Waals surface area contributed by atoms with Crippen LogP contribution in [0.2, 0.25) is 5.02 Å². The number of carbonyl (C=O) groups is 1. The topological polar surface area (TPSA) is 115 Å². The van der Waals surface area contributed by atoms with Crippen molar-refractivity contribution >= 4 is 39.8 Å². The molecule has 0 fully saturated rings. The van der Waals surface area contributed by atoms with Crippen LogP contribution in [0, 0.1) is 0 Å². The van der Waals surface area contributed by atoms with E-state index >= 15 is 0 Å². The van der Waals surface area contributed by atoms with Gasteiger partial charge >= 0.3 is 0 Å². The van der Waals surface area contributed by atoms with Crippen LogP contribution in [0.3, 0.4) is 0 Å². The first-order chi connectivity index (χ1) is 15.8. The highest BCUT2D eigenvalue weighted by Gasteiger charge is 2.20. The second-order valence-corrected chi connectivity index (χ2v) is 8.06. The van der Waals surface area contributed by atoms with Gasteiger partial charge in [0.05, 0.1) is 28.3 Å². The van der Waals surface area contributed by atoms with Crippen LogP contribution in [-0.4, -0.2) is 27.5 Å². The van der Waals surface area contributed by atoms with E-state index in [1.165, 1.54) is 10.8 Å². The fourth-order valence-corrected chi connectivity index (χ4v) is 3.98. The summed E-state index contributed by atoms with van der Waals surface area (Å²) < 4.78 is 1.48. The molecule has 2 aromatic carbocycles. The van der Waals surface area contributed by atoms with Crippen LogP contribution in [0.15, 0.2) is 59.5 Å². The van der Waals surface area contributed by atoms with Crippen molar-refractivity contribution in [2.45, 2.75) is 13.0 Å². The number of benzene rings is 2. The van der Waals surface area contributed by atoms with Crippen LogP contribution >= 0.6 is 11.6 Å². The predicted molar refractivity (Wildman–Crippen MR) is 132 cm³/mol. The van der Waals surface area contributed by atoms with E-state index in [2.05, 4.69) is 20.6 Å². The Kier molecular flexibility index (Phi) is 6.02. The third kappa shape index (κ3) is 4.25. The zero-order valence-electron chi connectivity index (χ0n) is 18.4. The van der Waals surface area contributed by atoms with Gasteiger partial charge in [-0.2, -0.15) is 0 Å². The van der Waals surface area contributed by atoms with E-state index in [4.69, 9.17) is 17.3 Å². The number of hydrogen-bond acceptors (Lipinski definition) is 6. The fraction of sp³-hybridized carbons (Fsp3) is 0.167. The molecule has 0 radical (unpaired) electrons. The summed E-state index contributed by atoms with van der Waals surface area (Å²) in [5.74, 6) is -0.467. The van der Waals surface area contributed by atoms with Crippen molar-refractivity contribution < 1.29 is 4.79 Å². The van der Waals surface area contributed by atoms with E-state index in [0.717, 1.165) is 11.3 Å². The molecule has 1 atom stereocenters. The van der Waals surface area contributed by atoms with Gasteiger partial charge in [0, 0.05) is 31.0 Å². The number of anilines is 2. The maximum Gasteiger partial charge on any atom is 0.274 e. The Balaban J connectivity index is 1.66. The number of amides is 1. The van der Waals surface area contributed by atoms with Gasteiger partial charge in [-0.15, -0.1) is 0 Å². The van der Waals surface area contributed by atoms with Crippen molar-refractivity contribution in [1.29, 1.82) is 0 Å². The molecule has 33 heavy (non-hydrogen) atoms. The quantitative estimate of drug-likeness (QED) is 0.416. The molecular weight excluding hydrogens is 440 g/mol. The van der Waals surface area contributed by atoms with Crippen molar-refractivity contribution in [2.24, 2.45) is 7.05 Å². The summed E-state index contributed by atoms with van der Waals surface area (Å²) in [7, 11) is 3.47. The van der Waals surface area contributed by atoms with Crippen molar-refractivity contribution in [2.75, 3.05) is 18.1 Å². The molecule has 4 N–H and O–H groups in total. The Hall–Kier alpha value is -3.91. The molecule has 0 saturated carbocycles. The number of halogens is 1. The normalized spacial score (nSPS) is 11.9. The van der Waals surface area contributed by atoms with E-state index in [0.29, 0.717) is 27.2 Å². The lowest BCUT2D eigenvalue weighted by Crippen LogP contribution is -2.32. The largest absolute Gasteiger partial charge is 0.388 e. The van der Waals surface area contributed by atoms with Gasteiger partial charge < -0.3 is 20.9 Å². The van der Waals surface area contributed by atoms with Gasteiger partial charge in [-0.05, 0) is 36.6 Å². The molecule has 0 saturated heterocycles. The number of hydrogen-bond donors (Lipinski definition) is 3. The number of aromatic nitrogens is 3. The molecule has 4 rings (SSSR count). The Morgan fingerprint density at radius 1 is 1.18 bits per heavy atom. The molecule has 2 aromatic heterocycles. The minimum absolute atomic E-state index is 0.0167. The first kappa shape index (κ1) is 22.3. The molecule has 8 nitrogen and oxygen atoms in total. The first-order valence-electron chi connectivity index (χ1n) is 10.3. The number of nitrogen functional groups attached to an aromatic ring is 1. The molecule has 168 valence electrons. The third-order valence-electron chi connectivity index (χ3n) is 5.51. The Morgan fingerprint density at radius 3 is 2.70 bits per heavy atom. The first-order valence-corrected chi connectivity index (χ1v) is 10.7. The van der Waals surface area contributed by atoms with Crippen molar-refractivity contribution in [3.63, 3.8) is 0 Å². The fourth-order valence-electron chi connectivity index (χ4n) is 3.72. The standard InChI is InChI=1S/C24H23ClN6O2/c1-13(19-11-15-7-5-9-17(25)20(15)24(33)31(19)3)29-23(32)21-22(26)28-12-18(30-21)14-6-4-8-16(10-14)27-2/h4-13,27H,1-3H3,(H2,26,28)(H,29,32)/t13-/m0/s1. The van der Waals surface area contributed by atoms with Crippen LogP contribution in [0.5, 0.6) is 0 Å². The molecule has 9 heteroatoms. The Morgan fingerprint density at radius 2 is 1.94 bits per heavy atom. The van der Waals surface area contributed by atoms with Gasteiger partial charge in [0.2, 0.25) is 0 Å². The molecule has 2 heterocycles. The molecule has 0 spiro atoms. The van der Waals surface area contributed by atoms with Crippen molar-refractivity contribution in [3.05, 3.63) is 81.5 Å². The average Bonchev–Trinajstić information content (AvgIpc) is 2.81. The Labute approximate surface area is 195 Å². The van der Waals surface area contributed by atoms with Crippen LogP contribution in [0.4, 0.5) is 11.5 Å². The molecule has 0 aliphatic carbocycles. The molecule has 0 aliphatic rings. The van der Waals surface area contributed by atoms with E-state index in [-0.39, 0.29) is 17.1 Å². The molecular formula is C24H23ClN6O2. The maximum absolute atomic E-state index is 13.1. The van der Waals surface area contributed by atoms with Crippen molar-refractivity contribution in [3.8, 4) is 11.3 Å². The number of fused-ring (bicyclic) bond motifs is 1. The number of nitrogens with zero attached hydrogens (tertiary/aromatic N) is 3. The van der Waals surface area contributed by atoms with Gasteiger partial charge in [-0.25, -0.2) is 9.97 Å². The third-order valence-corrected chi connectivity index (χ3v) is 5.82. The minimum Gasteiger partial charge on any atom is -0.388 e. The number of nitrogens with one attached hydrogen (secondary N) is 2. The molecule has 4 aromatic rings. The Bertz CT molecular complexity index is 1430. The highest BCUT2D eigenvalue weighted by Crippen LogP contribution is 2.24. The van der Waals surface area contributed by atoms with Crippen LogP contribution in [0.1, 0.15) is 29.1 Å². The lowest BCUT2D eigenvalue weighted by atomic mass is 10.1. The highest BCUT2D eigenvalue weighted by molar-refractivity contribution is 6.35. The summed E-state index contributed by atoms with van der Waals surface area (Å²) in [6.45, 7) is 1.78. The summed E-state index contributed by atoms with van der Waals surface area (Å²) in [6, 6.07) is 14.2.